The predicted octanol–water partition coefficient (Wildman–Crippen LogP) is 2.66. The molecule has 1 unspecified atom stereocenters. The van der Waals surface area contributed by atoms with Crippen LogP contribution in [0.25, 0.3) is 0 Å². The number of ether oxygens (including phenoxy) is 2. The van der Waals surface area contributed by atoms with Crippen LogP contribution >= 0.6 is 24.0 Å². The van der Waals surface area contributed by atoms with Gasteiger partial charge < -0.3 is 19.7 Å². The molecule has 2 rings (SSSR count). The number of guanidine groups is 1. The van der Waals surface area contributed by atoms with Crippen LogP contribution in [0.1, 0.15) is 18.9 Å². The SMILES string of the molecule is CCNC(=NCc1cccc([N+](=O)[O-])c1)N1CCC(COCCOC)C1.I. The fourth-order valence-corrected chi connectivity index (χ4v) is 2.91. The van der Waals surface area contributed by atoms with E-state index in [9.17, 15) is 10.1 Å². The lowest BCUT2D eigenvalue weighted by Gasteiger charge is -2.21. The topological polar surface area (TPSA) is 89.2 Å². The molecular weight excluding hydrogens is 463 g/mol. The minimum Gasteiger partial charge on any atom is -0.382 e. The minimum atomic E-state index is -0.382. The summed E-state index contributed by atoms with van der Waals surface area (Å²) in [7, 11) is 1.67. The molecule has 0 radical (unpaired) electrons. The van der Waals surface area contributed by atoms with Gasteiger partial charge in [0.15, 0.2) is 5.96 Å². The molecule has 0 aliphatic carbocycles. The molecule has 1 aliphatic heterocycles. The van der Waals surface area contributed by atoms with Crippen molar-refractivity contribution in [1.29, 1.82) is 0 Å². The van der Waals surface area contributed by atoms with Gasteiger partial charge in [-0.05, 0) is 18.9 Å². The summed E-state index contributed by atoms with van der Waals surface area (Å²) in [4.78, 5) is 17.4. The van der Waals surface area contributed by atoms with Crippen molar-refractivity contribution in [2.75, 3.05) is 46.6 Å². The molecular formula is C18H29IN4O4. The first-order valence-corrected chi connectivity index (χ1v) is 8.97. The smallest absolute Gasteiger partial charge is 0.269 e. The third-order valence-electron chi connectivity index (χ3n) is 4.24. The molecule has 1 aromatic carbocycles. The molecule has 0 spiro atoms. The highest BCUT2D eigenvalue weighted by Crippen LogP contribution is 2.18. The van der Waals surface area contributed by atoms with Gasteiger partial charge in [0.05, 0.1) is 31.3 Å². The number of aliphatic imine (C=N–C) groups is 1. The van der Waals surface area contributed by atoms with Crippen LogP contribution in [0, 0.1) is 16.0 Å². The van der Waals surface area contributed by atoms with Gasteiger partial charge in [0.1, 0.15) is 0 Å². The number of nitro groups is 1. The Kier molecular flexibility index (Phi) is 11.2. The van der Waals surface area contributed by atoms with Crippen LogP contribution in [-0.4, -0.2) is 62.3 Å². The Hall–Kier alpha value is -1.46. The van der Waals surface area contributed by atoms with Crippen LogP contribution in [0.5, 0.6) is 0 Å². The molecule has 0 amide bonds. The zero-order chi connectivity index (χ0) is 18.8. The van der Waals surface area contributed by atoms with Gasteiger partial charge in [0, 0.05) is 44.8 Å². The van der Waals surface area contributed by atoms with Crippen LogP contribution in [0.2, 0.25) is 0 Å². The van der Waals surface area contributed by atoms with E-state index in [2.05, 4.69) is 15.2 Å². The zero-order valence-corrected chi connectivity index (χ0v) is 18.3. The summed E-state index contributed by atoms with van der Waals surface area (Å²) in [5.74, 6) is 1.33. The highest BCUT2D eigenvalue weighted by molar-refractivity contribution is 14.0. The van der Waals surface area contributed by atoms with E-state index < -0.39 is 0 Å². The monoisotopic (exact) mass is 492 g/mol. The zero-order valence-electron chi connectivity index (χ0n) is 15.9. The third-order valence-corrected chi connectivity index (χ3v) is 4.24. The van der Waals surface area contributed by atoms with Gasteiger partial charge in [-0.1, -0.05) is 12.1 Å². The standard InChI is InChI=1S/C18H28N4O4.HI/c1-3-19-18(20-12-15-5-4-6-17(11-15)22(23)24)21-8-7-16(13-21)14-26-10-9-25-2;/h4-6,11,16H,3,7-10,12-14H2,1-2H3,(H,19,20);1H. The first kappa shape index (κ1) is 23.6. The first-order valence-electron chi connectivity index (χ1n) is 8.97. The molecule has 8 nitrogen and oxygen atoms in total. The van der Waals surface area contributed by atoms with Gasteiger partial charge in [-0.15, -0.1) is 24.0 Å². The fourth-order valence-electron chi connectivity index (χ4n) is 2.91. The fraction of sp³-hybridized carbons (Fsp3) is 0.611. The number of benzene rings is 1. The van der Waals surface area contributed by atoms with Crippen molar-refractivity contribution < 1.29 is 14.4 Å². The van der Waals surface area contributed by atoms with Gasteiger partial charge in [-0.2, -0.15) is 0 Å². The van der Waals surface area contributed by atoms with E-state index in [0.29, 0.717) is 25.7 Å². The van der Waals surface area contributed by atoms with Crippen molar-refractivity contribution in [2.24, 2.45) is 10.9 Å². The summed E-state index contributed by atoms with van der Waals surface area (Å²) in [6, 6.07) is 6.62. The van der Waals surface area contributed by atoms with Crippen LogP contribution in [0.15, 0.2) is 29.3 Å². The van der Waals surface area contributed by atoms with E-state index in [1.54, 1.807) is 19.2 Å². The molecule has 0 saturated carbocycles. The van der Waals surface area contributed by atoms with Crippen LogP contribution < -0.4 is 5.32 Å². The number of halogens is 1. The van der Waals surface area contributed by atoms with E-state index in [1.807, 2.05) is 13.0 Å². The summed E-state index contributed by atoms with van der Waals surface area (Å²) < 4.78 is 10.6. The lowest BCUT2D eigenvalue weighted by molar-refractivity contribution is -0.384. The average molecular weight is 492 g/mol. The maximum Gasteiger partial charge on any atom is 0.269 e. The highest BCUT2D eigenvalue weighted by atomic mass is 127. The third kappa shape index (κ3) is 7.97. The van der Waals surface area contributed by atoms with Crippen molar-refractivity contribution in [1.82, 2.24) is 10.2 Å². The quantitative estimate of drug-likeness (QED) is 0.142. The van der Waals surface area contributed by atoms with Crippen LogP contribution in [0.3, 0.4) is 0 Å². The molecule has 1 aliphatic rings. The van der Waals surface area contributed by atoms with Crippen molar-refractivity contribution in [2.45, 2.75) is 19.9 Å². The van der Waals surface area contributed by atoms with Crippen LogP contribution in [0.4, 0.5) is 5.69 Å². The Morgan fingerprint density at radius 1 is 1.44 bits per heavy atom. The first-order chi connectivity index (χ1) is 12.6. The second-order valence-corrected chi connectivity index (χ2v) is 6.27. The van der Waals surface area contributed by atoms with E-state index in [1.165, 1.54) is 6.07 Å². The molecule has 1 atom stereocenters. The Morgan fingerprint density at radius 2 is 2.26 bits per heavy atom. The average Bonchev–Trinajstić information content (AvgIpc) is 3.11. The lowest BCUT2D eigenvalue weighted by Crippen LogP contribution is -2.40. The van der Waals surface area contributed by atoms with Gasteiger partial charge in [0.2, 0.25) is 0 Å². The molecule has 0 aromatic heterocycles. The molecule has 27 heavy (non-hydrogen) atoms. The van der Waals surface area contributed by atoms with Crippen molar-refractivity contribution in [3.63, 3.8) is 0 Å². The Balaban J connectivity index is 0.00000364. The molecule has 1 heterocycles. The second-order valence-electron chi connectivity index (χ2n) is 6.27. The highest BCUT2D eigenvalue weighted by Gasteiger charge is 2.25. The molecule has 9 heteroatoms. The summed E-state index contributed by atoms with van der Waals surface area (Å²) in [5.41, 5.74) is 0.922. The van der Waals surface area contributed by atoms with Crippen molar-refractivity contribution >= 4 is 35.6 Å². The Labute approximate surface area is 177 Å². The van der Waals surface area contributed by atoms with E-state index in [-0.39, 0.29) is 34.6 Å². The van der Waals surface area contributed by atoms with Gasteiger partial charge in [-0.3, -0.25) is 10.1 Å². The molecule has 1 aromatic rings. The van der Waals surface area contributed by atoms with Gasteiger partial charge >= 0.3 is 0 Å². The number of nitrogens with zero attached hydrogens (tertiary/aromatic N) is 3. The number of non-ortho nitro benzene ring substituents is 1. The normalized spacial score (nSPS) is 16.9. The van der Waals surface area contributed by atoms with Gasteiger partial charge in [-0.25, -0.2) is 4.99 Å². The van der Waals surface area contributed by atoms with E-state index in [4.69, 9.17) is 9.47 Å². The lowest BCUT2D eigenvalue weighted by atomic mass is 10.1. The number of hydrogen-bond acceptors (Lipinski definition) is 5. The molecule has 1 saturated heterocycles. The number of likely N-dealkylation sites (tertiary alicyclic amines) is 1. The molecule has 152 valence electrons. The Bertz CT molecular complexity index is 615. The summed E-state index contributed by atoms with van der Waals surface area (Å²) >= 11 is 0. The summed E-state index contributed by atoms with van der Waals surface area (Å²) in [6.45, 7) is 7.01. The van der Waals surface area contributed by atoms with Gasteiger partial charge in [0.25, 0.3) is 5.69 Å². The number of methoxy groups -OCH3 is 1. The largest absolute Gasteiger partial charge is 0.382 e. The number of hydrogen-bond donors (Lipinski definition) is 1. The molecule has 1 fully saturated rings. The Morgan fingerprint density at radius 3 is 2.96 bits per heavy atom. The van der Waals surface area contributed by atoms with Crippen LogP contribution in [-0.2, 0) is 16.0 Å². The summed E-state index contributed by atoms with van der Waals surface area (Å²) in [5, 5.41) is 14.2. The van der Waals surface area contributed by atoms with Crippen molar-refractivity contribution in [3.8, 4) is 0 Å². The maximum absolute atomic E-state index is 10.9. The van der Waals surface area contributed by atoms with E-state index >= 15 is 0 Å². The van der Waals surface area contributed by atoms with Crippen molar-refractivity contribution in [3.05, 3.63) is 39.9 Å². The number of nitro benzene ring substituents is 1. The maximum atomic E-state index is 10.9. The van der Waals surface area contributed by atoms with E-state index in [0.717, 1.165) is 44.2 Å². The minimum absolute atomic E-state index is 0. The summed E-state index contributed by atoms with van der Waals surface area (Å²) in [6.07, 6.45) is 1.06. The molecule has 1 N–H and O–H groups in total. The molecule has 0 bridgehead atoms. The second kappa shape index (κ2) is 12.8. The number of rotatable bonds is 9. The number of nitrogens with one attached hydrogen (secondary N) is 1. The predicted molar refractivity (Wildman–Crippen MR) is 116 cm³/mol.